The number of piperidine rings is 1. The van der Waals surface area contributed by atoms with Crippen LogP contribution < -0.4 is 5.32 Å². The minimum atomic E-state index is 0.700. The first-order valence-corrected chi connectivity index (χ1v) is 6.70. The molecule has 3 heteroatoms. The van der Waals surface area contributed by atoms with E-state index < -0.39 is 0 Å². The van der Waals surface area contributed by atoms with Gasteiger partial charge >= 0.3 is 0 Å². The molecule has 0 saturated carbocycles. The molecule has 1 heterocycles. The van der Waals surface area contributed by atoms with Crippen molar-refractivity contribution in [1.82, 2.24) is 10.2 Å². The van der Waals surface area contributed by atoms with Gasteiger partial charge in [0.15, 0.2) is 0 Å². The van der Waals surface area contributed by atoms with Crippen LogP contribution >= 0.6 is 0 Å². The largest absolute Gasteiger partial charge is 0.315 e. The maximum Gasteiger partial charge on any atom is 0.0622 e. The predicted octanol–water partition coefficient (Wildman–Crippen LogP) is 2.14. The van der Waals surface area contributed by atoms with E-state index in [-0.39, 0.29) is 0 Å². The fourth-order valence-corrected chi connectivity index (χ4v) is 2.39. The van der Waals surface area contributed by atoms with Gasteiger partial charge in [0.1, 0.15) is 0 Å². The molecule has 16 heavy (non-hydrogen) atoms. The maximum atomic E-state index is 8.55. The zero-order chi connectivity index (χ0) is 11.6. The lowest BCUT2D eigenvalue weighted by molar-refractivity contribution is 0.144. The van der Waals surface area contributed by atoms with Gasteiger partial charge < -0.3 is 5.32 Å². The lowest BCUT2D eigenvalue weighted by atomic mass is 10.0. The monoisotopic (exact) mass is 223 g/mol. The van der Waals surface area contributed by atoms with Crippen molar-refractivity contribution < 1.29 is 0 Å². The number of rotatable bonds is 7. The normalized spacial score (nSPS) is 21.9. The van der Waals surface area contributed by atoms with Crippen LogP contribution in [0.3, 0.4) is 0 Å². The van der Waals surface area contributed by atoms with Crippen LogP contribution in [-0.2, 0) is 0 Å². The summed E-state index contributed by atoms with van der Waals surface area (Å²) in [5.74, 6) is 0. The first kappa shape index (κ1) is 13.5. The number of nitriles is 1. The standard InChI is InChI=1S/C13H25N3/c1-2-9-15-12-13-7-3-5-10-16(13)11-6-4-8-14/h13,15H,2-7,9-12H2,1H3. The Kier molecular flexibility index (Phi) is 7.20. The smallest absolute Gasteiger partial charge is 0.0622 e. The van der Waals surface area contributed by atoms with E-state index in [1.165, 1.54) is 32.2 Å². The number of hydrogen-bond acceptors (Lipinski definition) is 3. The highest BCUT2D eigenvalue weighted by molar-refractivity contribution is 4.80. The Morgan fingerprint density at radius 1 is 1.44 bits per heavy atom. The van der Waals surface area contributed by atoms with Gasteiger partial charge in [0.05, 0.1) is 6.07 Å². The van der Waals surface area contributed by atoms with Gasteiger partial charge in [0.2, 0.25) is 0 Å². The van der Waals surface area contributed by atoms with Crippen molar-refractivity contribution >= 4 is 0 Å². The molecule has 0 aliphatic carbocycles. The molecule has 1 aliphatic rings. The van der Waals surface area contributed by atoms with Crippen molar-refractivity contribution in [3.63, 3.8) is 0 Å². The van der Waals surface area contributed by atoms with Gasteiger partial charge in [-0.25, -0.2) is 0 Å². The summed E-state index contributed by atoms with van der Waals surface area (Å²) in [6, 6.07) is 2.94. The highest BCUT2D eigenvalue weighted by atomic mass is 15.2. The Hall–Kier alpha value is -0.590. The van der Waals surface area contributed by atoms with Crippen LogP contribution in [0.25, 0.3) is 0 Å². The predicted molar refractivity (Wildman–Crippen MR) is 67.2 cm³/mol. The Bertz CT molecular complexity index is 210. The average molecular weight is 223 g/mol. The van der Waals surface area contributed by atoms with Gasteiger partial charge in [0.25, 0.3) is 0 Å². The van der Waals surface area contributed by atoms with Crippen LogP contribution in [0.2, 0.25) is 0 Å². The second-order valence-corrected chi connectivity index (χ2v) is 4.65. The molecule has 1 rings (SSSR count). The lowest BCUT2D eigenvalue weighted by Gasteiger charge is -2.35. The van der Waals surface area contributed by atoms with E-state index in [2.05, 4.69) is 23.2 Å². The zero-order valence-electron chi connectivity index (χ0n) is 10.5. The number of nitrogens with zero attached hydrogens (tertiary/aromatic N) is 2. The summed E-state index contributed by atoms with van der Waals surface area (Å²) in [6.45, 7) is 6.79. The number of unbranched alkanes of at least 4 members (excludes halogenated alkanes) is 1. The topological polar surface area (TPSA) is 39.1 Å². The molecule has 1 N–H and O–H groups in total. The van der Waals surface area contributed by atoms with E-state index in [0.29, 0.717) is 12.5 Å². The molecule has 1 saturated heterocycles. The quantitative estimate of drug-likeness (QED) is 0.672. The van der Waals surface area contributed by atoms with Crippen LogP contribution in [0.1, 0.15) is 45.4 Å². The molecule has 1 fully saturated rings. The third-order valence-electron chi connectivity index (χ3n) is 3.29. The molecule has 3 nitrogen and oxygen atoms in total. The third-order valence-corrected chi connectivity index (χ3v) is 3.29. The molecule has 0 aromatic carbocycles. The molecule has 0 radical (unpaired) electrons. The summed E-state index contributed by atoms with van der Waals surface area (Å²) in [6.07, 6.45) is 6.96. The Labute approximate surface area is 99.8 Å². The highest BCUT2D eigenvalue weighted by Gasteiger charge is 2.20. The first-order valence-electron chi connectivity index (χ1n) is 6.70. The van der Waals surface area contributed by atoms with Crippen molar-refractivity contribution in [3.05, 3.63) is 0 Å². The summed E-state index contributed by atoms with van der Waals surface area (Å²) in [5, 5.41) is 12.1. The minimum absolute atomic E-state index is 0.700. The fraction of sp³-hybridized carbons (Fsp3) is 0.923. The molecule has 1 unspecified atom stereocenters. The van der Waals surface area contributed by atoms with Crippen molar-refractivity contribution in [2.24, 2.45) is 0 Å². The van der Waals surface area contributed by atoms with Crippen LogP contribution in [0, 0.1) is 11.3 Å². The minimum Gasteiger partial charge on any atom is -0.315 e. The van der Waals surface area contributed by atoms with Gasteiger partial charge in [-0.1, -0.05) is 13.3 Å². The van der Waals surface area contributed by atoms with Crippen LogP contribution in [0.15, 0.2) is 0 Å². The van der Waals surface area contributed by atoms with Crippen molar-refractivity contribution in [3.8, 4) is 6.07 Å². The van der Waals surface area contributed by atoms with Crippen LogP contribution in [0.4, 0.5) is 0 Å². The van der Waals surface area contributed by atoms with E-state index in [9.17, 15) is 0 Å². The summed E-state index contributed by atoms with van der Waals surface area (Å²) >= 11 is 0. The van der Waals surface area contributed by atoms with Gasteiger partial charge in [-0.2, -0.15) is 5.26 Å². The van der Waals surface area contributed by atoms with Gasteiger partial charge in [-0.05, 0) is 45.3 Å². The second kappa shape index (κ2) is 8.55. The number of nitrogens with one attached hydrogen (secondary N) is 1. The van der Waals surface area contributed by atoms with Gasteiger partial charge in [-0.3, -0.25) is 4.90 Å². The lowest BCUT2D eigenvalue weighted by Crippen LogP contribution is -2.45. The molecule has 1 atom stereocenters. The average Bonchev–Trinajstić information content (AvgIpc) is 2.32. The highest BCUT2D eigenvalue weighted by Crippen LogP contribution is 2.16. The van der Waals surface area contributed by atoms with Crippen LogP contribution in [-0.4, -0.2) is 37.1 Å². The molecule has 0 aromatic heterocycles. The van der Waals surface area contributed by atoms with Crippen molar-refractivity contribution in [2.45, 2.75) is 51.5 Å². The molecule has 0 aromatic rings. The van der Waals surface area contributed by atoms with E-state index >= 15 is 0 Å². The van der Waals surface area contributed by atoms with Crippen molar-refractivity contribution in [2.75, 3.05) is 26.2 Å². The molecule has 92 valence electrons. The van der Waals surface area contributed by atoms with Gasteiger partial charge in [0, 0.05) is 19.0 Å². The fourth-order valence-electron chi connectivity index (χ4n) is 2.39. The Morgan fingerprint density at radius 3 is 3.06 bits per heavy atom. The molecular weight excluding hydrogens is 198 g/mol. The molecule has 1 aliphatic heterocycles. The summed E-state index contributed by atoms with van der Waals surface area (Å²) < 4.78 is 0. The SMILES string of the molecule is CCCNCC1CCCCN1CCCC#N. The zero-order valence-corrected chi connectivity index (χ0v) is 10.5. The molecule has 0 amide bonds. The molecule has 0 spiro atoms. The summed E-state index contributed by atoms with van der Waals surface area (Å²) in [5.41, 5.74) is 0. The third kappa shape index (κ3) is 4.96. The summed E-state index contributed by atoms with van der Waals surface area (Å²) in [4.78, 5) is 2.57. The number of likely N-dealkylation sites (tertiary alicyclic amines) is 1. The maximum absolute atomic E-state index is 8.55. The van der Waals surface area contributed by atoms with E-state index in [1.54, 1.807) is 0 Å². The molecule has 0 bridgehead atoms. The van der Waals surface area contributed by atoms with Crippen molar-refractivity contribution in [1.29, 1.82) is 5.26 Å². The second-order valence-electron chi connectivity index (χ2n) is 4.65. The van der Waals surface area contributed by atoms with E-state index in [4.69, 9.17) is 5.26 Å². The Morgan fingerprint density at radius 2 is 2.31 bits per heavy atom. The van der Waals surface area contributed by atoms with Gasteiger partial charge in [-0.15, -0.1) is 0 Å². The first-order chi connectivity index (χ1) is 7.88. The summed E-state index contributed by atoms with van der Waals surface area (Å²) in [7, 11) is 0. The van der Waals surface area contributed by atoms with E-state index in [1.807, 2.05) is 0 Å². The molecular formula is C13H25N3. The van der Waals surface area contributed by atoms with Crippen LogP contribution in [0.5, 0.6) is 0 Å². The number of hydrogen-bond donors (Lipinski definition) is 1. The van der Waals surface area contributed by atoms with E-state index in [0.717, 1.165) is 26.1 Å². The Balaban J connectivity index is 2.23.